The molecular weight excluding hydrogens is 262 g/mol. The Balaban J connectivity index is 2.94. The Hall–Kier alpha value is -2.50. The summed E-state index contributed by atoms with van der Waals surface area (Å²) in [7, 11) is 2.99. The summed E-state index contributed by atoms with van der Waals surface area (Å²) in [5, 5.41) is 9.86. The van der Waals surface area contributed by atoms with E-state index in [2.05, 4.69) is 0 Å². The standard InChI is InChI=1S/C14H15NO5/c1-4-15-10-6-12(20-3)11(19-2)5-8(10)9(7-16)13(15)14(17)18/h5-7H,4H2,1-3H3,(H,17,18). The number of carbonyl (C=O) groups excluding carboxylic acids is 1. The predicted octanol–water partition coefficient (Wildman–Crippen LogP) is 2.19. The summed E-state index contributed by atoms with van der Waals surface area (Å²) in [6.07, 6.45) is 0.559. The molecule has 20 heavy (non-hydrogen) atoms. The van der Waals surface area contributed by atoms with Crippen LogP contribution in [0, 0.1) is 0 Å². The highest BCUT2D eigenvalue weighted by Gasteiger charge is 2.23. The van der Waals surface area contributed by atoms with Gasteiger partial charge in [0.05, 0.1) is 25.3 Å². The van der Waals surface area contributed by atoms with E-state index in [0.717, 1.165) is 0 Å². The third kappa shape index (κ3) is 1.89. The third-order valence-electron chi connectivity index (χ3n) is 3.24. The fourth-order valence-electron chi connectivity index (χ4n) is 2.38. The number of hydrogen-bond donors (Lipinski definition) is 1. The second kappa shape index (κ2) is 5.24. The maximum atomic E-state index is 11.4. The van der Waals surface area contributed by atoms with Crippen molar-refractivity contribution in [2.45, 2.75) is 13.5 Å². The molecule has 1 aromatic carbocycles. The van der Waals surface area contributed by atoms with Gasteiger partial charge in [0.25, 0.3) is 0 Å². The summed E-state index contributed by atoms with van der Waals surface area (Å²) in [5.74, 6) is -0.196. The topological polar surface area (TPSA) is 77.8 Å². The van der Waals surface area contributed by atoms with Gasteiger partial charge in [-0.25, -0.2) is 4.79 Å². The second-order valence-corrected chi connectivity index (χ2v) is 4.15. The van der Waals surface area contributed by atoms with Gasteiger partial charge in [-0.3, -0.25) is 4.79 Å². The summed E-state index contributed by atoms with van der Waals surface area (Å²) >= 11 is 0. The number of fused-ring (bicyclic) bond motifs is 1. The number of aromatic carboxylic acids is 1. The van der Waals surface area contributed by atoms with Crippen LogP contribution in [0.1, 0.15) is 27.8 Å². The number of hydrogen-bond acceptors (Lipinski definition) is 4. The van der Waals surface area contributed by atoms with E-state index in [1.807, 2.05) is 6.92 Å². The van der Waals surface area contributed by atoms with Crippen LogP contribution in [0.25, 0.3) is 10.9 Å². The Morgan fingerprint density at radius 2 is 1.90 bits per heavy atom. The Bertz CT molecular complexity index is 687. The molecule has 0 bridgehead atoms. The number of nitrogens with zero attached hydrogens (tertiary/aromatic N) is 1. The molecule has 2 rings (SSSR count). The molecule has 0 unspecified atom stereocenters. The Labute approximate surface area is 115 Å². The van der Waals surface area contributed by atoms with Crippen LogP contribution in [0.2, 0.25) is 0 Å². The molecule has 0 atom stereocenters. The monoisotopic (exact) mass is 277 g/mol. The van der Waals surface area contributed by atoms with Gasteiger partial charge in [0.2, 0.25) is 0 Å². The number of ether oxygens (including phenoxy) is 2. The first kappa shape index (κ1) is 13.9. The van der Waals surface area contributed by atoms with Crippen molar-refractivity contribution in [3.63, 3.8) is 0 Å². The number of benzene rings is 1. The van der Waals surface area contributed by atoms with Crippen molar-refractivity contribution >= 4 is 23.2 Å². The summed E-state index contributed by atoms with van der Waals surface area (Å²) in [6, 6.07) is 3.30. The first-order valence-corrected chi connectivity index (χ1v) is 6.05. The molecule has 0 spiro atoms. The van der Waals surface area contributed by atoms with Crippen LogP contribution >= 0.6 is 0 Å². The third-order valence-corrected chi connectivity index (χ3v) is 3.24. The number of aryl methyl sites for hydroxylation is 1. The van der Waals surface area contributed by atoms with E-state index in [9.17, 15) is 14.7 Å². The van der Waals surface area contributed by atoms with E-state index in [0.29, 0.717) is 35.2 Å². The molecule has 6 nitrogen and oxygen atoms in total. The molecule has 0 fully saturated rings. The Morgan fingerprint density at radius 1 is 1.30 bits per heavy atom. The fourth-order valence-corrected chi connectivity index (χ4v) is 2.38. The smallest absolute Gasteiger partial charge is 0.353 e. The summed E-state index contributed by atoms with van der Waals surface area (Å²) in [4.78, 5) is 22.7. The predicted molar refractivity (Wildman–Crippen MR) is 73.1 cm³/mol. The molecule has 0 aliphatic rings. The average molecular weight is 277 g/mol. The van der Waals surface area contributed by atoms with Crippen LogP contribution in [-0.2, 0) is 6.54 Å². The van der Waals surface area contributed by atoms with E-state index in [-0.39, 0.29) is 11.3 Å². The first-order chi connectivity index (χ1) is 9.58. The zero-order valence-corrected chi connectivity index (χ0v) is 11.5. The number of aromatic nitrogens is 1. The zero-order chi connectivity index (χ0) is 14.9. The van der Waals surface area contributed by atoms with Crippen molar-refractivity contribution in [2.24, 2.45) is 0 Å². The first-order valence-electron chi connectivity index (χ1n) is 6.05. The van der Waals surface area contributed by atoms with Crippen LogP contribution < -0.4 is 9.47 Å². The number of aldehydes is 1. The average Bonchev–Trinajstić information content (AvgIpc) is 2.78. The highest BCUT2D eigenvalue weighted by atomic mass is 16.5. The van der Waals surface area contributed by atoms with Crippen LogP contribution in [0.5, 0.6) is 11.5 Å². The lowest BCUT2D eigenvalue weighted by Crippen LogP contribution is -2.09. The molecule has 0 aliphatic heterocycles. The van der Waals surface area contributed by atoms with Gasteiger partial charge >= 0.3 is 5.97 Å². The summed E-state index contributed by atoms with van der Waals surface area (Å²) in [6.45, 7) is 2.25. The van der Waals surface area contributed by atoms with Crippen molar-refractivity contribution in [1.29, 1.82) is 0 Å². The van der Waals surface area contributed by atoms with E-state index >= 15 is 0 Å². The van der Waals surface area contributed by atoms with E-state index in [4.69, 9.17) is 9.47 Å². The summed E-state index contributed by atoms with van der Waals surface area (Å²) in [5.41, 5.74) is 0.757. The lowest BCUT2D eigenvalue weighted by atomic mass is 10.1. The molecule has 0 aliphatic carbocycles. The van der Waals surface area contributed by atoms with Crippen molar-refractivity contribution in [2.75, 3.05) is 14.2 Å². The largest absolute Gasteiger partial charge is 0.493 e. The van der Waals surface area contributed by atoms with Crippen LogP contribution in [0.4, 0.5) is 0 Å². The zero-order valence-electron chi connectivity index (χ0n) is 11.5. The van der Waals surface area contributed by atoms with Gasteiger partial charge in [0.15, 0.2) is 17.8 Å². The van der Waals surface area contributed by atoms with Crippen molar-refractivity contribution in [3.05, 3.63) is 23.4 Å². The molecule has 0 saturated heterocycles. The van der Waals surface area contributed by atoms with Gasteiger partial charge in [0, 0.05) is 18.0 Å². The van der Waals surface area contributed by atoms with Crippen LogP contribution in [-0.4, -0.2) is 36.1 Å². The lowest BCUT2D eigenvalue weighted by molar-refractivity contribution is 0.0683. The number of methoxy groups -OCH3 is 2. The Kier molecular flexibility index (Phi) is 3.65. The molecule has 0 radical (unpaired) electrons. The number of carbonyl (C=O) groups is 2. The fraction of sp³-hybridized carbons (Fsp3) is 0.286. The quantitative estimate of drug-likeness (QED) is 0.847. The van der Waals surface area contributed by atoms with Gasteiger partial charge in [-0.15, -0.1) is 0 Å². The lowest BCUT2D eigenvalue weighted by Gasteiger charge is -2.09. The molecule has 0 saturated carbocycles. The molecule has 0 amide bonds. The second-order valence-electron chi connectivity index (χ2n) is 4.15. The highest BCUT2D eigenvalue weighted by Crippen LogP contribution is 2.36. The maximum Gasteiger partial charge on any atom is 0.353 e. The molecule has 1 aromatic heterocycles. The van der Waals surface area contributed by atoms with E-state index in [1.54, 1.807) is 16.7 Å². The minimum atomic E-state index is -1.14. The molecule has 6 heteroatoms. The molecule has 1 heterocycles. The molecule has 106 valence electrons. The molecular formula is C14H15NO5. The van der Waals surface area contributed by atoms with Crippen LogP contribution in [0.15, 0.2) is 12.1 Å². The van der Waals surface area contributed by atoms with E-state index in [1.165, 1.54) is 14.2 Å². The molecule has 1 N–H and O–H groups in total. The van der Waals surface area contributed by atoms with Crippen molar-refractivity contribution in [3.8, 4) is 11.5 Å². The van der Waals surface area contributed by atoms with Gasteiger partial charge in [0.1, 0.15) is 5.69 Å². The summed E-state index contributed by atoms with van der Waals surface area (Å²) < 4.78 is 12.0. The van der Waals surface area contributed by atoms with E-state index < -0.39 is 5.97 Å². The van der Waals surface area contributed by atoms with Crippen molar-refractivity contribution in [1.82, 2.24) is 4.57 Å². The Morgan fingerprint density at radius 3 is 2.35 bits per heavy atom. The van der Waals surface area contributed by atoms with Gasteiger partial charge in [-0.05, 0) is 13.0 Å². The minimum Gasteiger partial charge on any atom is -0.493 e. The number of carboxylic acid groups (broad SMARTS) is 1. The van der Waals surface area contributed by atoms with Gasteiger partial charge < -0.3 is 19.1 Å². The van der Waals surface area contributed by atoms with Gasteiger partial charge in [-0.1, -0.05) is 0 Å². The van der Waals surface area contributed by atoms with Crippen LogP contribution in [0.3, 0.4) is 0 Å². The van der Waals surface area contributed by atoms with Crippen molar-refractivity contribution < 1.29 is 24.2 Å². The maximum absolute atomic E-state index is 11.4. The number of carboxylic acids is 1. The number of rotatable bonds is 5. The SMILES string of the molecule is CCn1c(C(=O)O)c(C=O)c2cc(OC)c(OC)cc21. The minimum absolute atomic E-state index is 0.0205. The normalized spacial score (nSPS) is 10.6. The molecule has 2 aromatic rings. The highest BCUT2D eigenvalue weighted by molar-refractivity contribution is 6.09. The van der Waals surface area contributed by atoms with Gasteiger partial charge in [-0.2, -0.15) is 0 Å².